The standard InChI is InChI=1S/C25H36ClN3O5/c1-15(2)21(27-23(33)28-25(6,7)34-16(3)30)22(32)29-13-12-19(31)20(24(4,5)14-29)17-8-10-18(26)11-9-17/h8-11,15,20-21H,12-14H2,1-7H3,(H2,27,28,33). The topological polar surface area (TPSA) is 105 Å². The molecule has 0 spiro atoms. The van der Waals surface area contributed by atoms with Gasteiger partial charge in [0, 0.05) is 37.4 Å². The van der Waals surface area contributed by atoms with Gasteiger partial charge in [-0.05, 0) is 42.9 Å². The Bertz CT molecular complexity index is 927. The molecule has 1 aliphatic heterocycles. The first-order valence-corrected chi connectivity index (χ1v) is 11.9. The number of amides is 3. The summed E-state index contributed by atoms with van der Waals surface area (Å²) < 4.78 is 5.09. The molecule has 1 aliphatic rings. The molecule has 0 aliphatic carbocycles. The number of hydrogen-bond donors (Lipinski definition) is 2. The van der Waals surface area contributed by atoms with Crippen molar-refractivity contribution in [2.45, 2.75) is 72.6 Å². The average Bonchev–Trinajstić information content (AvgIpc) is 2.80. The van der Waals surface area contributed by atoms with Crippen LogP contribution in [0.2, 0.25) is 5.02 Å². The minimum Gasteiger partial charge on any atom is -0.440 e. The molecule has 2 rings (SSSR count). The van der Waals surface area contributed by atoms with E-state index in [9.17, 15) is 19.2 Å². The highest BCUT2D eigenvalue weighted by molar-refractivity contribution is 6.30. The fourth-order valence-electron chi connectivity index (χ4n) is 4.51. The first-order chi connectivity index (χ1) is 15.6. The molecule has 0 aromatic heterocycles. The second-order valence-electron chi connectivity index (χ2n) is 10.4. The van der Waals surface area contributed by atoms with Gasteiger partial charge in [-0.2, -0.15) is 0 Å². The molecule has 1 saturated heterocycles. The molecule has 8 nitrogen and oxygen atoms in total. The summed E-state index contributed by atoms with van der Waals surface area (Å²) in [7, 11) is 0. The molecular weight excluding hydrogens is 458 g/mol. The van der Waals surface area contributed by atoms with Crippen LogP contribution in [0.5, 0.6) is 0 Å². The number of nitrogens with zero attached hydrogens (tertiary/aromatic N) is 1. The smallest absolute Gasteiger partial charge is 0.318 e. The maximum atomic E-state index is 13.5. The van der Waals surface area contributed by atoms with E-state index in [1.165, 1.54) is 6.92 Å². The lowest BCUT2D eigenvalue weighted by molar-refractivity contribution is -0.155. The van der Waals surface area contributed by atoms with E-state index in [1.807, 2.05) is 39.8 Å². The van der Waals surface area contributed by atoms with E-state index < -0.39 is 29.2 Å². The quantitative estimate of drug-likeness (QED) is 0.462. The molecule has 1 fully saturated rings. The number of likely N-dealkylation sites (tertiary alicyclic amines) is 1. The molecule has 1 aromatic carbocycles. The number of ketones is 1. The maximum absolute atomic E-state index is 13.5. The lowest BCUT2D eigenvalue weighted by Crippen LogP contribution is -2.58. The number of carbonyl (C=O) groups is 4. The van der Waals surface area contributed by atoms with Gasteiger partial charge in [0.1, 0.15) is 11.8 Å². The van der Waals surface area contributed by atoms with Crippen LogP contribution < -0.4 is 10.6 Å². The number of benzene rings is 1. The molecule has 1 aromatic rings. The van der Waals surface area contributed by atoms with Gasteiger partial charge < -0.3 is 20.3 Å². The highest BCUT2D eigenvalue weighted by Gasteiger charge is 2.42. The molecule has 9 heteroatoms. The van der Waals surface area contributed by atoms with E-state index in [0.717, 1.165) is 5.56 Å². The molecule has 2 N–H and O–H groups in total. The summed E-state index contributed by atoms with van der Waals surface area (Å²) in [6.45, 7) is 12.6. The number of hydrogen-bond acceptors (Lipinski definition) is 5. The number of carbonyl (C=O) groups excluding carboxylic acids is 4. The van der Waals surface area contributed by atoms with E-state index in [1.54, 1.807) is 30.9 Å². The Morgan fingerprint density at radius 1 is 1.18 bits per heavy atom. The number of rotatable bonds is 6. The van der Waals surface area contributed by atoms with Gasteiger partial charge in [-0.3, -0.25) is 14.4 Å². The van der Waals surface area contributed by atoms with E-state index in [4.69, 9.17) is 16.3 Å². The monoisotopic (exact) mass is 493 g/mol. The van der Waals surface area contributed by atoms with Gasteiger partial charge in [0.05, 0.1) is 0 Å². The Hall–Kier alpha value is -2.61. The van der Waals surface area contributed by atoms with Crippen molar-refractivity contribution in [3.8, 4) is 0 Å². The van der Waals surface area contributed by atoms with Crippen molar-refractivity contribution in [3.63, 3.8) is 0 Å². The van der Waals surface area contributed by atoms with Crippen LogP contribution >= 0.6 is 11.6 Å². The molecule has 34 heavy (non-hydrogen) atoms. The molecular formula is C25H36ClN3O5. The van der Waals surface area contributed by atoms with Crippen molar-refractivity contribution >= 4 is 35.3 Å². The Kier molecular flexibility index (Phi) is 8.75. The number of Topliss-reactive ketones (excluding diaryl/α,β-unsaturated/α-hetero) is 1. The lowest BCUT2D eigenvalue weighted by Gasteiger charge is -2.37. The Morgan fingerprint density at radius 3 is 2.29 bits per heavy atom. The number of ether oxygens (including phenoxy) is 1. The van der Waals surface area contributed by atoms with E-state index in [0.29, 0.717) is 11.6 Å². The minimum absolute atomic E-state index is 0.0672. The van der Waals surface area contributed by atoms with Crippen molar-refractivity contribution in [1.29, 1.82) is 0 Å². The van der Waals surface area contributed by atoms with Crippen molar-refractivity contribution in [3.05, 3.63) is 34.9 Å². The first kappa shape index (κ1) is 27.6. The number of urea groups is 1. The summed E-state index contributed by atoms with van der Waals surface area (Å²) in [5.74, 6) is -1.30. The predicted molar refractivity (Wildman–Crippen MR) is 130 cm³/mol. The van der Waals surface area contributed by atoms with E-state index in [-0.39, 0.29) is 36.5 Å². The minimum atomic E-state index is -1.23. The van der Waals surface area contributed by atoms with Crippen LogP contribution in [-0.2, 0) is 19.1 Å². The van der Waals surface area contributed by atoms with Crippen LogP contribution in [0.15, 0.2) is 24.3 Å². The van der Waals surface area contributed by atoms with Crippen LogP contribution in [0.25, 0.3) is 0 Å². The largest absolute Gasteiger partial charge is 0.440 e. The van der Waals surface area contributed by atoms with Crippen molar-refractivity contribution < 1.29 is 23.9 Å². The fourth-order valence-corrected chi connectivity index (χ4v) is 4.64. The van der Waals surface area contributed by atoms with Gasteiger partial charge in [0.25, 0.3) is 0 Å². The summed E-state index contributed by atoms with van der Waals surface area (Å²) in [5.41, 5.74) is -0.888. The Balaban J connectivity index is 2.20. The average molecular weight is 494 g/mol. The van der Waals surface area contributed by atoms with Gasteiger partial charge in [-0.15, -0.1) is 0 Å². The van der Waals surface area contributed by atoms with Crippen LogP contribution in [0.3, 0.4) is 0 Å². The van der Waals surface area contributed by atoms with Gasteiger partial charge in [0.15, 0.2) is 5.72 Å². The molecule has 3 amide bonds. The van der Waals surface area contributed by atoms with E-state index >= 15 is 0 Å². The van der Waals surface area contributed by atoms with Gasteiger partial charge in [0.2, 0.25) is 5.91 Å². The molecule has 0 saturated carbocycles. The molecule has 2 atom stereocenters. The van der Waals surface area contributed by atoms with Crippen LogP contribution in [0.4, 0.5) is 4.79 Å². The zero-order valence-corrected chi connectivity index (χ0v) is 21.8. The fraction of sp³-hybridized carbons (Fsp3) is 0.600. The van der Waals surface area contributed by atoms with Gasteiger partial charge >= 0.3 is 12.0 Å². The lowest BCUT2D eigenvalue weighted by atomic mass is 9.72. The second-order valence-corrected chi connectivity index (χ2v) is 10.8. The third kappa shape index (κ3) is 7.19. The first-order valence-electron chi connectivity index (χ1n) is 11.5. The van der Waals surface area contributed by atoms with Crippen molar-refractivity contribution in [2.75, 3.05) is 13.1 Å². The normalized spacial score (nSPS) is 19.3. The third-order valence-corrected chi connectivity index (χ3v) is 6.13. The zero-order chi connectivity index (χ0) is 25.8. The molecule has 188 valence electrons. The highest BCUT2D eigenvalue weighted by atomic mass is 35.5. The Labute approximate surface area is 206 Å². The van der Waals surface area contributed by atoms with Crippen molar-refractivity contribution in [1.82, 2.24) is 15.5 Å². The third-order valence-electron chi connectivity index (χ3n) is 5.88. The molecule has 2 unspecified atom stereocenters. The summed E-state index contributed by atoms with van der Waals surface area (Å²) >= 11 is 6.02. The molecule has 0 radical (unpaired) electrons. The SMILES string of the molecule is CC(=O)OC(C)(C)NC(=O)NC(C(=O)N1CCC(=O)C(c2ccc(Cl)cc2)C(C)(C)C1)C(C)C. The maximum Gasteiger partial charge on any atom is 0.318 e. The van der Waals surface area contributed by atoms with E-state index in [2.05, 4.69) is 10.6 Å². The molecule has 1 heterocycles. The summed E-state index contributed by atoms with van der Waals surface area (Å²) in [6, 6.07) is 5.81. The number of halogens is 1. The van der Waals surface area contributed by atoms with Crippen LogP contribution in [0.1, 0.15) is 66.4 Å². The van der Waals surface area contributed by atoms with Gasteiger partial charge in [-0.1, -0.05) is 51.4 Å². The predicted octanol–water partition coefficient (Wildman–Crippen LogP) is 3.87. The number of nitrogens with one attached hydrogen (secondary N) is 2. The Morgan fingerprint density at radius 2 is 1.76 bits per heavy atom. The van der Waals surface area contributed by atoms with Crippen LogP contribution in [-0.4, -0.2) is 53.4 Å². The van der Waals surface area contributed by atoms with Gasteiger partial charge in [-0.25, -0.2) is 4.79 Å². The summed E-state index contributed by atoms with van der Waals surface area (Å²) in [6.07, 6.45) is 0.221. The summed E-state index contributed by atoms with van der Waals surface area (Å²) in [4.78, 5) is 52.2. The summed E-state index contributed by atoms with van der Waals surface area (Å²) in [5, 5.41) is 5.89. The highest BCUT2D eigenvalue weighted by Crippen LogP contribution is 2.40. The van der Waals surface area contributed by atoms with Crippen molar-refractivity contribution in [2.24, 2.45) is 11.3 Å². The van der Waals surface area contributed by atoms with Crippen LogP contribution in [0, 0.1) is 11.3 Å². The zero-order valence-electron chi connectivity index (χ0n) is 21.0. The second kappa shape index (κ2) is 10.8. The molecule has 0 bridgehead atoms. The number of esters is 1.